The predicted octanol–water partition coefficient (Wildman–Crippen LogP) is 3.31. The maximum atomic E-state index is 12.8. The molecule has 6 nitrogen and oxygen atoms in total. The average molecular weight is 382 g/mol. The standard InChI is InChI=1S/C20H18N2O4S/c1-3-26-20(23)18-16-12-27(24,25)17-7-5-4-6-15(17)19(16)22(21-18)14-10-8-13(2)9-11-14/h4-11H,3,12H2,1-2H3. The van der Waals surface area contributed by atoms with Crippen LogP contribution in [0.3, 0.4) is 0 Å². The molecule has 138 valence electrons. The fourth-order valence-electron chi connectivity index (χ4n) is 3.30. The van der Waals surface area contributed by atoms with Crippen molar-refractivity contribution in [1.82, 2.24) is 9.78 Å². The van der Waals surface area contributed by atoms with Crippen LogP contribution in [0.5, 0.6) is 0 Å². The molecule has 0 unspecified atom stereocenters. The molecule has 2 aromatic carbocycles. The Kier molecular flexibility index (Phi) is 4.11. The van der Waals surface area contributed by atoms with E-state index in [1.54, 1.807) is 35.9 Å². The lowest BCUT2D eigenvalue weighted by Gasteiger charge is -2.19. The van der Waals surface area contributed by atoms with Gasteiger partial charge in [0.1, 0.15) is 0 Å². The van der Waals surface area contributed by atoms with Gasteiger partial charge in [-0.25, -0.2) is 17.9 Å². The van der Waals surface area contributed by atoms with E-state index in [1.165, 1.54) is 0 Å². The Balaban J connectivity index is 2.04. The number of rotatable bonds is 3. The number of esters is 1. The number of sulfone groups is 1. The van der Waals surface area contributed by atoms with Gasteiger partial charge in [-0.15, -0.1) is 0 Å². The van der Waals surface area contributed by atoms with Crippen LogP contribution in [0.4, 0.5) is 0 Å². The molecule has 1 aromatic heterocycles. The molecular formula is C20H18N2O4S. The molecular weight excluding hydrogens is 364 g/mol. The lowest BCUT2D eigenvalue weighted by Crippen LogP contribution is -2.16. The van der Waals surface area contributed by atoms with Crippen LogP contribution >= 0.6 is 0 Å². The highest BCUT2D eigenvalue weighted by Gasteiger charge is 2.36. The summed E-state index contributed by atoms with van der Waals surface area (Å²) in [5, 5.41) is 4.45. The Labute approximate surface area is 157 Å². The summed E-state index contributed by atoms with van der Waals surface area (Å²) in [6, 6.07) is 14.5. The maximum Gasteiger partial charge on any atom is 0.359 e. The van der Waals surface area contributed by atoms with Gasteiger partial charge >= 0.3 is 5.97 Å². The van der Waals surface area contributed by atoms with E-state index in [0.29, 0.717) is 16.8 Å². The summed E-state index contributed by atoms with van der Waals surface area (Å²) in [5.74, 6) is -0.895. The van der Waals surface area contributed by atoms with Crippen LogP contribution in [0.25, 0.3) is 16.9 Å². The van der Waals surface area contributed by atoms with Gasteiger partial charge in [-0.3, -0.25) is 0 Å². The molecule has 0 saturated heterocycles. The minimum atomic E-state index is -3.56. The molecule has 0 radical (unpaired) electrons. The molecule has 0 aliphatic carbocycles. The molecule has 0 saturated carbocycles. The summed E-state index contributed by atoms with van der Waals surface area (Å²) < 4.78 is 32.3. The van der Waals surface area contributed by atoms with Crippen LogP contribution in [0.1, 0.15) is 28.5 Å². The number of nitrogens with zero attached hydrogens (tertiary/aromatic N) is 2. The Morgan fingerprint density at radius 3 is 2.56 bits per heavy atom. The van der Waals surface area contributed by atoms with Crippen LogP contribution < -0.4 is 0 Å². The molecule has 0 fully saturated rings. The Hall–Kier alpha value is -2.93. The maximum absolute atomic E-state index is 12.8. The summed E-state index contributed by atoms with van der Waals surface area (Å²) >= 11 is 0. The first kappa shape index (κ1) is 17.5. The number of hydrogen-bond acceptors (Lipinski definition) is 5. The smallest absolute Gasteiger partial charge is 0.359 e. The number of aryl methyl sites for hydroxylation is 1. The third-order valence-corrected chi connectivity index (χ3v) is 6.24. The van der Waals surface area contributed by atoms with Crippen molar-refractivity contribution in [2.24, 2.45) is 0 Å². The molecule has 27 heavy (non-hydrogen) atoms. The van der Waals surface area contributed by atoms with Crippen molar-refractivity contribution in [3.8, 4) is 16.9 Å². The number of hydrogen-bond donors (Lipinski definition) is 0. The van der Waals surface area contributed by atoms with Gasteiger partial charge in [-0.05, 0) is 32.0 Å². The third-order valence-electron chi connectivity index (χ3n) is 4.54. The second-order valence-electron chi connectivity index (χ2n) is 6.40. The number of ether oxygens (including phenoxy) is 1. The van der Waals surface area contributed by atoms with E-state index in [-0.39, 0.29) is 22.9 Å². The fourth-order valence-corrected chi connectivity index (χ4v) is 4.90. The summed E-state index contributed by atoms with van der Waals surface area (Å²) in [4.78, 5) is 12.7. The zero-order valence-corrected chi connectivity index (χ0v) is 15.8. The van der Waals surface area contributed by atoms with Gasteiger partial charge in [0.25, 0.3) is 0 Å². The fraction of sp³-hybridized carbons (Fsp3) is 0.200. The Bertz CT molecular complexity index is 1150. The highest BCUT2D eigenvalue weighted by Crippen LogP contribution is 2.40. The molecule has 0 bridgehead atoms. The van der Waals surface area contributed by atoms with Crippen molar-refractivity contribution < 1.29 is 17.9 Å². The highest BCUT2D eigenvalue weighted by atomic mass is 32.2. The number of aromatic nitrogens is 2. The van der Waals surface area contributed by atoms with Crippen LogP contribution in [0.15, 0.2) is 53.4 Å². The monoisotopic (exact) mass is 382 g/mol. The number of carbonyl (C=O) groups excluding carboxylic acids is 1. The molecule has 1 aliphatic heterocycles. The lowest BCUT2D eigenvalue weighted by atomic mass is 10.1. The first-order valence-corrected chi connectivity index (χ1v) is 10.3. The summed E-state index contributed by atoms with van der Waals surface area (Å²) in [6.45, 7) is 3.87. The quantitative estimate of drug-likeness (QED) is 0.650. The van der Waals surface area contributed by atoms with Crippen molar-refractivity contribution in [3.63, 3.8) is 0 Å². The number of carbonyl (C=O) groups is 1. The van der Waals surface area contributed by atoms with Crippen LogP contribution in [-0.2, 0) is 20.3 Å². The van der Waals surface area contributed by atoms with Gasteiger partial charge in [-0.1, -0.05) is 35.9 Å². The molecule has 2 heterocycles. The van der Waals surface area contributed by atoms with E-state index in [1.807, 2.05) is 31.2 Å². The van der Waals surface area contributed by atoms with E-state index < -0.39 is 15.8 Å². The SMILES string of the molecule is CCOC(=O)c1nn(-c2ccc(C)cc2)c2c1CS(=O)(=O)c1ccccc1-2. The predicted molar refractivity (Wildman–Crippen MR) is 101 cm³/mol. The highest BCUT2D eigenvalue weighted by molar-refractivity contribution is 7.90. The van der Waals surface area contributed by atoms with E-state index in [9.17, 15) is 13.2 Å². The van der Waals surface area contributed by atoms with Crippen LogP contribution in [0, 0.1) is 6.92 Å². The average Bonchev–Trinajstić information content (AvgIpc) is 3.01. The van der Waals surface area contributed by atoms with Crippen molar-refractivity contribution in [1.29, 1.82) is 0 Å². The zero-order chi connectivity index (χ0) is 19.2. The van der Waals surface area contributed by atoms with E-state index >= 15 is 0 Å². The van der Waals surface area contributed by atoms with Gasteiger partial charge in [-0.2, -0.15) is 5.10 Å². The van der Waals surface area contributed by atoms with Gasteiger partial charge in [0, 0.05) is 11.1 Å². The third kappa shape index (κ3) is 2.84. The lowest BCUT2D eigenvalue weighted by molar-refractivity contribution is 0.0518. The molecule has 4 rings (SSSR count). The minimum Gasteiger partial charge on any atom is -0.461 e. The molecule has 0 spiro atoms. The van der Waals surface area contributed by atoms with Crippen LogP contribution in [0.2, 0.25) is 0 Å². The summed E-state index contributed by atoms with van der Waals surface area (Å²) in [7, 11) is -3.56. The molecule has 3 aromatic rings. The number of benzene rings is 2. The van der Waals surface area contributed by atoms with Crippen molar-refractivity contribution in [2.45, 2.75) is 24.5 Å². The molecule has 0 N–H and O–H groups in total. The van der Waals surface area contributed by atoms with Gasteiger partial charge < -0.3 is 4.74 Å². The Morgan fingerprint density at radius 1 is 1.15 bits per heavy atom. The first-order valence-electron chi connectivity index (χ1n) is 8.60. The second-order valence-corrected chi connectivity index (χ2v) is 8.36. The first-order chi connectivity index (χ1) is 12.9. The second kappa shape index (κ2) is 6.35. The summed E-state index contributed by atoms with van der Waals surface area (Å²) in [6.07, 6.45) is 0. The largest absolute Gasteiger partial charge is 0.461 e. The molecule has 7 heteroatoms. The van der Waals surface area contributed by atoms with Gasteiger partial charge in [0.2, 0.25) is 0 Å². The van der Waals surface area contributed by atoms with E-state index in [0.717, 1.165) is 11.3 Å². The van der Waals surface area contributed by atoms with Crippen molar-refractivity contribution in [3.05, 3.63) is 65.4 Å². The normalized spacial score (nSPS) is 14.3. The Morgan fingerprint density at radius 2 is 1.85 bits per heavy atom. The van der Waals surface area contributed by atoms with Crippen molar-refractivity contribution >= 4 is 15.8 Å². The van der Waals surface area contributed by atoms with E-state index in [2.05, 4.69) is 5.10 Å². The summed E-state index contributed by atoms with van der Waals surface area (Å²) in [5.41, 5.74) is 3.43. The molecule has 1 aliphatic rings. The van der Waals surface area contributed by atoms with Crippen LogP contribution in [-0.4, -0.2) is 30.8 Å². The zero-order valence-electron chi connectivity index (χ0n) is 15.0. The topological polar surface area (TPSA) is 78.3 Å². The van der Waals surface area contributed by atoms with Gasteiger partial charge in [0.15, 0.2) is 15.5 Å². The molecule has 0 amide bonds. The van der Waals surface area contributed by atoms with Crippen molar-refractivity contribution in [2.75, 3.05) is 6.61 Å². The van der Waals surface area contributed by atoms with Gasteiger partial charge in [0.05, 0.1) is 28.6 Å². The molecule has 0 atom stereocenters. The minimum absolute atomic E-state index is 0.0468. The van der Waals surface area contributed by atoms with E-state index in [4.69, 9.17) is 4.74 Å². The number of fused-ring (bicyclic) bond motifs is 3.